The van der Waals surface area contributed by atoms with E-state index in [1.807, 2.05) is 60.7 Å². The Balaban J connectivity index is 1.23. The Labute approximate surface area is 217 Å². The lowest BCUT2D eigenvalue weighted by atomic mass is 10.0. The van der Waals surface area contributed by atoms with Crippen molar-refractivity contribution in [3.8, 4) is 22.5 Å². The number of ether oxygens (including phenoxy) is 1. The van der Waals surface area contributed by atoms with Gasteiger partial charge in [0.1, 0.15) is 11.4 Å². The standard InChI is InChI=1S/C27H23ClN6O3/c1-17-25(29-27(35)36-15-14-21-4-2-3-5-23(21)28)26(37-32-17)22-12-10-20(11-13-22)19-8-6-18(7-9-19)16-24-30-33-34-31-24/h2-13H,14-16H2,1H3,(H,29,35)(H,30,31,33,34). The van der Waals surface area contributed by atoms with Gasteiger partial charge in [0.25, 0.3) is 0 Å². The second-order valence-corrected chi connectivity index (χ2v) is 8.76. The molecule has 0 saturated carbocycles. The Morgan fingerprint density at radius 2 is 1.70 bits per heavy atom. The summed E-state index contributed by atoms with van der Waals surface area (Å²) in [7, 11) is 0. The fourth-order valence-electron chi connectivity index (χ4n) is 3.88. The molecule has 2 aromatic heterocycles. The van der Waals surface area contributed by atoms with Crippen molar-refractivity contribution in [1.82, 2.24) is 25.8 Å². The van der Waals surface area contributed by atoms with Crippen LogP contribution >= 0.6 is 11.6 Å². The van der Waals surface area contributed by atoms with E-state index in [1.54, 1.807) is 6.92 Å². The van der Waals surface area contributed by atoms with Crippen molar-refractivity contribution < 1.29 is 14.1 Å². The zero-order valence-corrected chi connectivity index (χ0v) is 20.7. The zero-order valence-electron chi connectivity index (χ0n) is 19.9. The summed E-state index contributed by atoms with van der Waals surface area (Å²) in [6.07, 6.45) is 0.540. The Hall–Kier alpha value is -4.50. The van der Waals surface area contributed by atoms with Gasteiger partial charge in [-0.2, -0.15) is 5.21 Å². The zero-order chi connectivity index (χ0) is 25.6. The molecule has 0 radical (unpaired) electrons. The largest absolute Gasteiger partial charge is 0.449 e. The summed E-state index contributed by atoms with van der Waals surface area (Å²) in [5.41, 5.74) is 5.93. The van der Waals surface area contributed by atoms with Crippen LogP contribution in [0.15, 0.2) is 77.3 Å². The van der Waals surface area contributed by atoms with E-state index < -0.39 is 6.09 Å². The molecule has 0 saturated heterocycles. The van der Waals surface area contributed by atoms with Crippen LogP contribution in [0.1, 0.15) is 22.6 Å². The molecule has 0 aliphatic heterocycles. The van der Waals surface area contributed by atoms with E-state index in [1.165, 1.54) is 0 Å². The minimum absolute atomic E-state index is 0.192. The number of aryl methyl sites for hydroxylation is 1. The Bertz CT molecular complexity index is 1480. The van der Waals surface area contributed by atoms with E-state index in [-0.39, 0.29) is 6.61 Å². The molecule has 0 fully saturated rings. The van der Waals surface area contributed by atoms with E-state index in [9.17, 15) is 4.79 Å². The number of hydrogen-bond donors (Lipinski definition) is 2. The number of aromatic amines is 1. The highest BCUT2D eigenvalue weighted by Gasteiger charge is 2.18. The normalized spacial score (nSPS) is 10.9. The number of nitrogens with one attached hydrogen (secondary N) is 2. The van der Waals surface area contributed by atoms with Crippen molar-refractivity contribution in [2.45, 2.75) is 19.8 Å². The van der Waals surface area contributed by atoms with Crippen LogP contribution in [-0.4, -0.2) is 38.5 Å². The number of H-pyrrole nitrogens is 1. The van der Waals surface area contributed by atoms with Crippen LogP contribution in [0.2, 0.25) is 5.02 Å². The maximum Gasteiger partial charge on any atom is 0.411 e. The number of anilines is 1. The second kappa shape index (κ2) is 11.0. The molecule has 3 aromatic carbocycles. The number of rotatable bonds is 8. The number of amides is 1. The first-order valence-corrected chi connectivity index (χ1v) is 12.0. The number of aromatic nitrogens is 5. The van der Waals surface area contributed by atoms with Gasteiger partial charge in [-0.1, -0.05) is 88.7 Å². The molecular formula is C27H23ClN6O3. The smallest absolute Gasteiger partial charge is 0.411 e. The van der Waals surface area contributed by atoms with Gasteiger partial charge in [-0.3, -0.25) is 5.32 Å². The number of hydrogen-bond acceptors (Lipinski definition) is 7. The molecule has 5 aromatic rings. The van der Waals surface area contributed by atoms with Crippen molar-refractivity contribution in [3.63, 3.8) is 0 Å². The van der Waals surface area contributed by atoms with Gasteiger partial charge in [-0.25, -0.2) is 4.79 Å². The minimum atomic E-state index is -0.586. The molecule has 37 heavy (non-hydrogen) atoms. The van der Waals surface area contributed by atoms with Crippen LogP contribution < -0.4 is 5.32 Å². The first-order valence-electron chi connectivity index (χ1n) is 11.6. The predicted octanol–water partition coefficient (Wildman–Crippen LogP) is 5.87. The van der Waals surface area contributed by atoms with Gasteiger partial charge < -0.3 is 9.26 Å². The van der Waals surface area contributed by atoms with Crippen molar-refractivity contribution in [2.24, 2.45) is 0 Å². The Morgan fingerprint density at radius 1 is 1.00 bits per heavy atom. The number of carbonyl (C=O) groups excluding carboxylic acids is 1. The highest BCUT2D eigenvalue weighted by Crippen LogP contribution is 2.32. The molecule has 1 amide bonds. The van der Waals surface area contributed by atoms with E-state index in [2.05, 4.69) is 43.2 Å². The monoisotopic (exact) mass is 514 g/mol. The number of halogens is 1. The topological polar surface area (TPSA) is 119 Å². The quantitative estimate of drug-likeness (QED) is 0.266. The van der Waals surface area contributed by atoms with E-state index in [0.717, 1.165) is 27.8 Å². The maximum atomic E-state index is 12.4. The molecule has 186 valence electrons. The molecule has 5 rings (SSSR count). The molecule has 0 aliphatic carbocycles. The SMILES string of the molecule is Cc1noc(-c2ccc(-c3ccc(Cc4nn[nH]n4)cc3)cc2)c1NC(=O)OCCc1ccccc1Cl. The van der Waals surface area contributed by atoms with Crippen LogP contribution in [0.25, 0.3) is 22.5 Å². The van der Waals surface area contributed by atoms with Gasteiger partial charge in [-0.05, 0) is 35.2 Å². The van der Waals surface area contributed by atoms with Gasteiger partial charge in [0.05, 0.1) is 6.61 Å². The summed E-state index contributed by atoms with van der Waals surface area (Å²) in [4.78, 5) is 12.4. The summed E-state index contributed by atoms with van der Waals surface area (Å²) in [5, 5.41) is 21.5. The summed E-state index contributed by atoms with van der Waals surface area (Å²) in [6, 6.07) is 23.5. The third-order valence-electron chi connectivity index (χ3n) is 5.84. The lowest BCUT2D eigenvalue weighted by Crippen LogP contribution is -2.16. The lowest BCUT2D eigenvalue weighted by Gasteiger charge is -2.09. The average Bonchev–Trinajstić information content (AvgIpc) is 3.56. The highest BCUT2D eigenvalue weighted by molar-refractivity contribution is 6.31. The first-order chi connectivity index (χ1) is 18.1. The number of nitrogens with zero attached hydrogens (tertiary/aromatic N) is 4. The van der Waals surface area contributed by atoms with Gasteiger partial charge in [0.15, 0.2) is 11.6 Å². The van der Waals surface area contributed by atoms with E-state index >= 15 is 0 Å². The van der Waals surface area contributed by atoms with Crippen LogP contribution in [0.5, 0.6) is 0 Å². The molecule has 0 spiro atoms. The molecule has 0 aliphatic rings. The van der Waals surface area contributed by atoms with Crippen LogP contribution in [0.4, 0.5) is 10.5 Å². The van der Waals surface area contributed by atoms with Crippen molar-refractivity contribution in [3.05, 3.63) is 100 Å². The van der Waals surface area contributed by atoms with Crippen LogP contribution in [0, 0.1) is 6.92 Å². The molecule has 0 bridgehead atoms. The predicted molar refractivity (Wildman–Crippen MR) is 139 cm³/mol. The molecule has 9 nitrogen and oxygen atoms in total. The Kier molecular flexibility index (Phi) is 7.23. The maximum absolute atomic E-state index is 12.4. The molecule has 2 heterocycles. The molecule has 10 heteroatoms. The number of benzene rings is 3. The number of carbonyl (C=O) groups is 1. The van der Waals surface area contributed by atoms with Crippen LogP contribution in [-0.2, 0) is 17.6 Å². The summed E-state index contributed by atoms with van der Waals surface area (Å²) >= 11 is 6.16. The fourth-order valence-corrected chi connectivity index (χ4v) is 4.11. The van der Waals surface area contributed by atoms with Crippen LogP contribution in [0.3, 0.4) is 0 Å². The molecule has 0 atom stereocenters. The lowest BCUT2D eigenvalue weighted by molar-refractivity contribution is 0.163. The first kappa shape index (κ1) is 24.2. The van der Waals surface area contributed by atoms with Gasteiger partial charge in [-0.15, -0.1) is 10.2 Å². The van der Waals surface area contributed by atoms with Crippen molar-refractivity contribution >= 4 is 23.4 Å². The van der Waals surface area contributed by atoms with Crippen molar-refractivity contribution in [2.75, 3.05) is 11.9 Å². The van der Waals surface area contributed by atoms with E-state index in [4.69, 9.17) is 20.9 Å². The third kappa shape index (κ3) is 5.84. The second-order valence-electron chi connectivity index (χ2n) is 8.35. The highest BCUT2D eigenvalue weighted by atomic mass is 35.5. The Morgan fingerprint density at radius 3 is 2.41 bits per heavy atom. The van der Waals surface area contributed by atoms with Crippen molar-refractivity contribution in [1.29, 1.82) is 0 Å². The van der Waals surface area contributed by atoms with E-state index in [0.29, 0.717) is 40.8 Å². The molecular weight excluding hydrogens is 492 g/mol. The molecule has 2 N–H and O–H groups in total. The van der Waals surface area contributed by atoms with Gasteiger partial charge >= 0.3 is 6.09 Å². The molecule has 0 unspecified atom stereocenters. The van der Waals surface area contributed by atoms with Gasteiger partial charge in [0, 0.05) is 23.4 Å². The number of tetrazole rings is 1. The minimum Gasteiger partial charge on any atom is -0.449 e. The summed E-state index contributed by atoms with van der Waals surface area (Å²) in [5.74, 6) is 1.11. The van der Waals surface area contributed by atoms with Gasteiger partial charge in [0.2, 0.25) is 0 Å². The average molecular weight is 515 g/mol. The third-order valence-corrected chi connectivity index (χ3v) is 6.21. The fraction of sp³-hybridized carbons (Fsp3) is 0.148. The summed E-state index contributed by atoms with van der Waals surface area (Å²) in [6.45, 7) is 1.95. The summed E-state index contributed by atoms with van der Waals surface area (Å²) < 4.78 is 10.9.